The van der Waals surface area contributed by atoms with E-state index in [1.54, 1.807) is 66.1 Å². The van der Waals surface area contributed by atoms with Crippen LogP contribution >= 0.6 is 0 Å². The zero-order valence-electron chi connectivity index (χ0n) is 20.7. The number of aryl methyl sites for hydroxylation is 1. The number of amides is 2. The Morgan fingerprint density at radius 3 is 1.84 bits per heavy atom. The van der Waals surface area contributed by atoms with Crippen LogP contribution in [0.5, 0.6) is 0 Å². The Labute approximate surface area is 215 Å². The third kappa shape index (κ3) is 4.63. The van der Waals surface area contributed by atoms with Crippen molar-refractivity contribution in [2.24, 2.45) is 7.05 Å². The molecule has 38 heavy (non-hydrogen) atoms. The van der Waals surface area contributed by atoms with Gasteiger partial charge in [-0.2, -0.15) is 28.5 Å². The molecule has 2 aromatic carbocycles. The summed E-state index contributed by atoms with van der Waals surface area (Å²) in [7, 11) is 1.78. The van der Waals surface area contributed by atoms with Crippen molar-refractivity contribution in [2.75, 3.05) is 10.6 Å². The standard InChI is InChI=1S/C26H23F3N8O/c1-16-21(18-14-30-35(3)15-18)33-36(19-10-6-4-7-11-19)23(16)31-25(38)32-24-17(2)22(26(27,28)29)34-37(24)20-12-8-5-9-13-20/h4-15H,1-3H3,(H2,31,32,38). The fourth-order valence-electron chi connectivity index (χ4n) is 4.13. The Bertz CT molecular complexity index is 1600. The number of halogens is 3. The Morgan fingerprint density at radius 1 is 0.816 bits per heavy atom. The first-order chi connectivity index (χ1) is 18.1. The van der Waals surface area contributed by atoms with Crippen molar-refractivity contribution in [3.05, 3.63) is 89.9 Å². The Morgan fingerprint density at radius 2 is 1.34 bits per heavy atom. The molecule has 194 valence electrons. The number of anilines is 2. The van der Waals surface area contributed by atoms with E-state index in [2.05, 4.69) is 20.8 Å². The van der Waals surface area contributed by atoms with Crippen LogP contribution in [-0.4, -0.2) is 35.4 Å². The van der Waals surface area contributed by atoms with Gasteiger partial charge in [0, 0.05) is 29.9 Å². The van der Waals surface area contributed by atoms with Crippen LogP contribution in [0, 0.1) is 13.8 Å². The quantitative estimate of drug-likeness (QED) is 0.309. The van der Waals surface area contributed by atoms with Crippen LogP contribution < -0.4 is 10.6 Å². The van der Waals surface area contributed by atoms with Crippen molar-refractivity contribution in [3.8, 4) is 22.6 Å². The molecule has 0 aliphatic rings. The van der Waals surface area contributed by atoms with Crippen LogP contribution in [-0.2, 0) is 13.2 Å². The summed E-state index contributed by atoms with van der Waals surface area (Å²) in [6, 6.07) is 16.7. The van der Waals surface area contributed by atoms with Crippen LogP contribution in [0.25, 0.3) is 22.6 Å². The van der Waals surface area contributed by atoms with Crippen molar-refractivity contribution >= 4 is 17.7 Å². The zero-order valence-corrected chi connectivity index (χ0v) is 20.7. The highest BCUT2D eigenvalue weighted by molar-refractivity contribution is 6.00. The number of nitrogens with zero attached hydrogens (tertiary/aromatic N) is 6. The van der Waals surface area contributed by atoms with E-state index in [4.69, 9.17) is 5.10 Å². The largest absolute Gasteiger partial charge is 0.435 e. The lowest BCUT2D eigenvalue weighted by atomic mass is 10.1. The molecule has 3 aromatic heterocycles. The molecular formula is C26H23F3N8O. The molecule has 3 heterocycles. The van der Waals surface area contributed by atoms with Gasteiger partial charge in [-0.15, -0.1) is 0 Å². The number of rotatable bonds is 5. The first-order valence-electron chi connectivity index (χ1n) is 11.6. The zero-order chi connectivity index (χ0) is 27.0. The molecule has 0 saturated carbocycles. The highest BCUT2D eigenvalue weighted by Gasteiger charge is 2.38. The van der Waals surface area contributed by atoms with Gasteiger partial charge in [0.2, 0.25) is 0 Å². The van der Waals surface area contributed by atoms with Crippen LogP contribution in [0.15, 0.2) is 73.1 Å². The van der Waals surface area contributed by atoms with Crippen LogP contribution in [0.1, 0.15) is 16.8 Å². The lowest BCUT2D eigenvalue weighted by molar-refractivity contribution is -0.141. The van der Waals surface area contributed by atoms with Crippen LogP contribution in [0.4, 0.5) is 29.6 Å². The van der Waals surface area contributed by atoms with Gasteiger partial charge in [-0.25, -0.2) is 14.2 Å². The summed E-state index contributed by atoms with van der Waals surface area (Å²) in [5, 5.41) is 18.0. The minimum Gasteiger partial charge on any atom is -0.292 e. The third-order valence-electron chi connectivity index (χ3n) is 5.96. The molecule has 9 nitrogen and oxygen atoms in total. The fraction of sp³-hybridized carbons (Fsp3) is 0.154. The van der Waals surface area contributed by atoms with Gasteiger partial charge in [-0.1, -0.05) is 36.4 Å². The van der Waals surface area contributed by atoms with Gasteiger partial charge in [-0.05, 0) is 38.1 Å². The summed E-state index contributed by atoms with van der Waals surface area (Å²) in [6.07, 6.45) is -1.23. The lowest BCUT2D eigenvalue weighted by Crippen LogP contribution is -2.23. The fourth-order valence-corrected chi connectivity index (χ4v) is 4.13. The van der Waals surface area contributed by atoms with E-state index in [1.165, 1.54) is 6.92 Å². The van der Waals surface area contributed by atoms with Gasteiger partial charge in [0.25, 0.3) is 0 Å². The number of nitrogens with one attached hydrogen (secondary N) is 2. The van der Waals surface area contributed by atoms with E-state index >= 15 is 0 Å². The maximum Gasteiger partial charge on any atom is 0.435 e. The molecule has 0 atom stereocenters. The SMILES string of the molecule is Cc1c(-c2cnn(C)c2)nn(-c2ccccc2)c1NC(=O)Nc1c(C)c(C(F)(F)F)nn1-c1ccccc1. The average Bonchev–Trinajstić information content (AvgIpc) is 3.56. The molecular weight excluding hydrogens is 497 g/mol. The number of hydrogen-bond donors (Lipinski definition) is 2. The molecule has 5 rings (SSSR count). The van der Waals surface area contributed by atoms with Gasteiger partial charge in [0.1, 0.15) is 17.3 Å². The maximum absolute atomic E-state index is 13.7. The maximum atomic E-state index is 13.7. The predicted molar refractivity (Wildman–Crippen MR) is 136 cm³/mol. The van der Waals surface area contributed by atoms with Crippen molar-refractivity contribution in [1.29, 1.82) is 0 Å². The summed E-state index contributed by atoms with van der Waals surface area (Å²) >= 11 is 0. The summed E-state index contributed by atoms with van der Waals surface area (Å²) < 4.78 is 45.3. The van der Waals surface area contributed by atoms with Gasteiger partial charge >= 0.3 is 12.2 Å². The Balaban J connectivity index is 1.54. The summed E-state index contributed by atoms with van der Waals surface area (Å²) in [5.74, 6) is 0.254. The molecule has 0 bridgehead atoms. The second-order valence-corrected chi connectivity index (χ2v) is 8.62. The molecule has 0 unspecified atom stereocenters. The minimum absolute atomic E-state index is 0.100. The first-order valence-corrected chi connectivity index (χ1v) is 11.6. The molecule has 0 spiro atoms. The summed E-state index contributed by atoms with van der Waals surface area (Å²) in [6.45, 7) is 3.07. The van der Waals surface area contributed by atoms with E-state index in [0.29, 0.717) is 28.5 Å². The molecule has 0 aliphatic heterocycles. The van der Waals surface area contributed by atoms with Crippen molar-refractivity contribution in [3.63, 3.8) is 0 Å². The molecule has 0 aliphatic carbocycles. The van der Waals surface area contributed by atoms with E-state index < -0.39 is 17.9 Å². The van der Waals surface area contributed by atoms with Gasteiger partial charge < -0.3 is 0 Å². The Kier molecular flexibility index (Phi) is 6.23. The number of aromatic nitrogens is 6. The highest BCUT2D eigenvalue weighted by Crippen LogP contribution is 2.36. The van der Waals surface area contributed by atoms with Crippen LogP contribution in [0.2, 0.25) is 0 Å². The minimum atomic E-state index is -4.70. The smallest absolute Gasteiger partial charge is 0.292 e. The number of benzene rings is 2. The molecule has 0 radical (unpaired) electrons. The predicted octanol–water partition coefficient (Wildman–Crippen LogP) is 5.74. The summed E-state index contributed by atoms with van der Waals surface area (Å²) in [4.78, 5) is 13.3. The molecule has 2 amide bonds. The number of carbonyl (C=O) groups excluding carboxylic acids is 1. The van der Waals surface area contributed by atoms with Crippen molar-refractivity contribution in [2.45, 2.75) is 20.0 Å². The lowest BCUT2D eigenvalue weighted by Gasteiger charge is -2.13. The monoisotopic (exact) mass is 520 g/mol. The number of carbonyl (C=O) groups is 1. The highest BCUT2D eigenvalue weighted by atomic mass is 19.4. The van der Waals surface area contributed by atoms with Crippen molar-refractivity contribution < 1.29 is 18.0 Å². The molecule has 12 heteroatoms. The second kappa shape index (κ2) is 9.54. The van der Waals surface area contributed by atoms with Gasteiger partial charge in [-0.3, -0.25) is 15.3 Å². The topological polar surface area (TPSA) is 94.6 Å². The van der Waals surface area contributed by atoms with E-state index in [-0.39, 0.29) is 11.4 Å². The summed E-state index contributed by atoms with van der Waals surface area (Å²) in [5.41, 5.74) is 1.76. The number of urea groups is 1. The van der Waals surface area contributed by atoms with Crippen LogP contribution in [0.3, 0.4) is 0 Å². The van der Waals surface area contributed by atoms with E-state index in [1.807, 2.05) is 30.3 Å². The number of alkyl halides is 3. The van der Waals surface area contributed by atoms with Crippen molar-refractivity contribution in [1.82, 2.24) is 29.3 Å². The molecule has 0 saturated heterocycles. The van der Waals surface area contributed by atoms with Gasteiger partial charge in [0.05, 0.1) is 17.6 Å². The third-order valence-corrected chi connectivity index (χ3v) is 5.96. The number of hydrogen-bond acceptors (Lipinski definition) is 4. The normalized spacial score (nSPS) is 11.5. The molecule has 0 fully saturated rings. The Hall–Kier alpha value is -4.87. The number of para-hydroxylation sites is 2. The second-order valence-electron chi connectivity index (χ2n) is 8.62. The first kappa shape index (κ1) is 24.8. The molecule has 2 N–H and O–H groups in total. The molecule has 5 aromatic rings. The van der Waals surface area contributed by atoms with E-state index in [9.17, 15) is 18.0 Å². The average molecular weight is 521 g/mol. The van der Waals surface area contributed by atoms with Gasteiger partial charge in [0.15, 0.2) is 5.69 Å². The van der Waals surface area contributed by atoms with E-state index in [0.717, 1.165) is 10.2 Å².